The molecule has 3 heteroatoms. The van der Waals surface area contributed by atoms with Gasteiger partial charge in [-0.15, -0.1) is 0 Å². The van der Waals surface area contributed by atoms with Crippen molar-refractivity contribution >= 4 is 5.97 Å². The van der Waals surface area contributed by atoms with Crippen molar-refractivity contribution in [3.63, 3.8) is 0 Å². The Hall–Kier alpha value is -1.35. The molecule has 0 heterocycles. The fourth-order valence-corrected chi connectivity index (χ4v) is 2.32. The van der Waals surface area contributed by atoms with Crippen LogP contribution in [0.25, 0.3) is 0 Å². The second kappa shape index (κ2) is 6.20. The van der Waals surface area contributed by atoms with Crippen molar-refractivity contribution in [2.24, 2.45) is 11.1 Å². The third kappa shape index (κ3) is 5.03. The van der Waals surface area contributed by atoms with E-state index in [0.29, 0.717) is 12.3 Å². The number of benzene rings is 1. The Morgan fingerprint density at radius 3 is 2.11 bits per heavy atom. The van der Waals surface area contributed by atoms with Crippen molar-refractivity contribution in [3.05, 3.63) is 35.4 Å². The predicted molar refractivity (Wildman–Crippen MR) is 78.1 cm³/mol. The van der Waals surface area contributed by atoms with Gasteiger partial charge in [0.05, 0.1) is 6.42 Å². The van der Waals surface area contributed by atoms with Crippen LogP contribution in [0.2, 0.25) is 0 Å². The molecule has 0 spiro atoms. The molecule has 106 valence electrons. The van der Waals surface area contributed by atoms with E-state index in [4.69, 9.17) is 10.8 Å². The smallest absolute Gasteiger partial charge is 0.303 e. The Morgan fingerprint density at radius 1 is 1.21 bits per heavy atom. The summed E-state index contributed by atoms with van der Waals surface area (Å²) in [6.45, 7) is 8.21. The topological polar surface area (TPSA) is 63.3 Å². The van der Waals surface area contributed by atoms with E-state index in [-0.39, 0.29) is 17.9 Å². The molecule has 0 bridgehead atoms. The summed E-state index contributed by atoms with van der Waals surface area (Å²) in [6, 6.07) is 8.19. The van der Waals surface area contributed by atoms with Gasteiger partial charge in [0.15, 0.2) is 0 Å². The highest BCUT2D eigenvalue weighted by Gasteiger charge is 2.25. The molecule has 3 N–H and O–H groups in total. The average Bonchev–Trinajstić information content (AvgIpc) is 2.26. The van der Waals surface area contributed by atoms with Crippen LogP contribution in [-0.2, 0) is 4.79 Å². The summed E-state index contributed by atoms with van der Waals surface area (Å²) in [6.07, 6.45) is 0.811. The van der Waals surface area contributed by atoms with E-state index < -0.39 is 5.97 Å². The summed E-state index contributed by atoms with van der Waals surface area (Å²) >= 11 is 0. The van der Waals surface area contributed by atoms with E-state index in [9.17, 15) is 4.79 Å². The summed E-state index contributed by atoms with van der Waals surface area (Å²) in [7, 11) is 0. The van der Waals surface area contributed by atoms with Gasteiger partial charge in [0.2, 0.25) is 0 Å². The van der Waals surface area contributed by atoms with Gasteiger partial charge in [0, 0.05) is 6.04 Å². The van der Waals surface area contributed by atoms with Crippen molar-refractivity contribution in [3.8, 4) is 0 Å². The molecule has 1 aromatic rings. The second-order valence-corrected chi connectivity index (χ2v) is 6.37. The number of rotatable bonds is 6. The highest BCUT2D eigenvalue weighted by molar-refractivity contribution is 5.67. The third-order valence-electron chi connectivity index (χ3n) is 3.43. The molecule has 1 unspecified atom stereocenters. The monoisotopic (exact) mass is 263 g/mol. The van der Waals surface area contributed by atoms with Crippen LogP contribution in [-0.4, -0.2) is 11.1 Å². The van der Waals surface area contributed by atoms with E-state index >= 15 is 0 Å². The lowest BCUT2D eigenvalue weighted by Crippen LogP contribution is -2.24. The van der Waals surface area contributed by atoms with E-state index in [1.165, 1.54) is 5.56 Å². The first-order valence-corrected chi connectivity index (χ1v) is 6.78. The maximum absolute atomic E-state index is 10.8. The molecule has 1 atom stereocenters. The van der Waals surface area contributed by atoms with Gasteiger partial charge in [-0.1, -0.05) is 52.0 Å². The maximum Gasteiger partial charge on any atom is 0.303 e. The first kappa shape index (κ1) is 15.7. The summed E-state index contributed by atoms with van der Waals surface area (Å²) in [5.41, 5.74) is 8.26. The molecular weight excluding hydrogens is 238 g/mol. The van der Waals surface area contributed by atoms with Crippen molar-refractivity contribution < 1.29 is 9.90 Å². The summed E-state index contributed by atoms with van der Waals surface area (Å²) < 4.78 is 0. The quantitative estimate of drug-likeness (QED) is 0.822. The van der Waals surface area contributed by atoms with Crippen LogP contribution in [0.15, 0.2) is 24.3 Å². The zero-order valence-corrected chi connectivity index (χ0v) is 12.3. The Balaban J connectivity index is 2.72. The molecule has 0 saturated heterocycles. The molecule has 0 aliphatic heterocycles. The maximum atomic E-state index is 10.8. The minimum Gasteiger partial charge on any atom is -0.481 e. The molecule has 0 aromatic heterocycles. The lowest BCUT2D eigenvalue weighted by molar-refractivity contribution is -0.139. The lowest BCUT2D eigenvalue weighted by atomic mass is 9.81. The molecule has 0 radical (unpaired) electrons. The molecule has 0 aliphatic rings. The van der Waals surface area contributed by atoms with Crippen LogP contribution < -0.4 is 5.73 Å². The van der Waals surface area contributed by atoms with Crippen LogP contribution >= 0.6 is 0 Å². The van der Waals surface area contributed by atoms with Crippen LogP contribution in [0.5, 0.6) is 0 Å². The Labute approximate surface area is 115 Å². The average molecular weight is 263 g/mol. The zero-order valence-electron chi connectivity index (χ0n) is 12.3. The first-order chi connectivity index (χ1) is 8.71. The van der Waals surface area contributed by atoms with Crippen molar-refractivity contribution in [2.75, 3.05) is 0 Å². The summed E-state index contributed by atoms with van der Waals surface area (Å²) in [4.78, 5) is 10.8. The van der Waals surface area contributed by atoms with Gasteiger partial charge in [-0.05, 0) is 28.9 Å². The molecule has 1 aromatic carbocycles. The highest BCUT2D eigenvalue weighted by Crippen LogP contribution is 2.32. The Kier molecular flexibility index (Phi) is 5.12. The number of carboxylic acids is 1. The molecule has 1 rings (SSSR count). The standard InChI is InChI=1S/C16H25NO2/c1-11(2)12-5-7-13(8-6-12)14(17)9-16(3,4)10-15(18)19/h5-8,11,14H,9-10,17H2,1-4H3,(H,18,19). The minimum atomic E-state index is -0.771. The van der Waals surface area contributed by atoms with E-state index in [1.54, 1.807) is 0 Å². The molecule has 19 heavy (non-hydrogen) atoms. The first-order valence-electron chi connectivity index (χ1n) is 6.78. The molecule has 0 amide bonds. The highest BCUT2D eigenvalue weighted by atomic mass is 16.4. The fourth-order valence-electron chi connectivity index (χ4n) is 2.32. The van der Waals surface area contributed by atoms with Crippen molar-refractivity contribution in [2.45, 2.75) is 52.5 Å². The molecular formula is C16H25NO2. The zero-order chi connectivity index (χ0) is 14.6. The van der Waals surface area contributed by atoms with Gasteiger partial charge in [-0.25, -0.2) is 0 Å². The Morgan fingerprint density at radius 2 is 1.68 bits per heavy atom. The number of aliphatic carboxylic acids is 1. The lowest BCUT2D eigenvalue weighted by Gasteiger charge is -2.26. The molecule has 3 nitrogen and oxygen atoms in total. The van der Waals surface area contributed by atoms with Crippen LogP contribution in [0.4, 0.5) is 0 Å². The Bertz CT molecular complexity index is 421. The van der Waals surface area contributed by atoms with Gasteiger partial charge in [-0.2, -0.15) is 0 Å². The van der Waals surface area contributed by atoms with Gasteiger partial charge < -0.3 is 10.8 Å². The third-order valence-corrected chi connectivity index (χ3v) is 3.43. The van der Waals surface area contributed by atoms with E-state index in [1.807, 2.05) is 13.8 Å². The second-order valence-electron chi connectivity index (χ2n) is 6.37. The van der Waals surface area contributed by atoms with Crippen LogP contribution in [0, 0.1) is 5.41 Å². The van der Waals surface area contributed by atoms with Gasteiger partial charge in [-0.3, -0.25) is 4.79 Å². The van der Waals surface area contributed by atoms with Gasteiger partial charge in [0.1, 0.15) is 0 Å². The number of nitrogens with two attached hydrogens (primary N) is 1. The normalized spacial score (nSPS) is 13.6. The SMILES string of the molecule is CC(C)c1ccc(C(N)CC(C)(C)CC(=O)O)cc1. The summed E-state index contributed by atoms with van der Waals surface area (Å²) in [5.74, 6) is -0.263. The van der Waals surface area contributed by atoms with Crippen molar-refractivity contribution in [1.82, 2.24) is 0 Å². The largest absolute Gasteiger partial charge is 0.481 e. The molecule has 0 aliphatic carbocycles. The fraction of sp³-hybridized carbons (Fsp3) is 0.562. The van der Waals surface area contributed by atoms with Gasteiger partial charge in [0.25, 0.3) is 0 Å². The van der Waals surface area contributed by atoms with Gasteiger partial charge >= 0.3 is 5.97 Å². The molecule has 0 fully saturated rings. The van der Waals surface area contributed by atoms with Crippen molar-refractivity contribution in [1.29, 1.82) is 0 Å². The predicted octanol–water partition coefficient (Wildman–Crippen LogP) is 3.70. The van der Waals surface area contributed by atoms with Crippen LogP contribution in [0.3, 0.4) is 0 Å². The number of hydrogen-bond acceptors (Lipinski definition) is 2. The number of carbonyl (C=O) groups is 1. The van der Waals surface area contributed by atoms with E-state index in [2.05, 4.69) is 38.1 Å². The summed E-state index contributed by atoms with van der Waals surface area (Å²) in [5, 5.41) is 8.89. The van der Waals surface area contributed by atoms with E-state index in [0.717, 1.165) is 5.56 Å². The minimum absolute atomic E-state index is 0.115. The number of hydrogen-bond donors (Lipinski definition) is 2. The number of carboxylic acid groups (broad SMARTS) is 1. The molecule has 0 saturated carbocycles. The van der Waals surface area contributed by atoms with Crippen LogP contribution in [0.1, 0.15) is 63.6 Å².